The minimum atomic E-state index is -0.0425. The lowest BCUT2D eigenvalue weighted by Gasteiger charge is -2.34. The van der Waals surface area contributed by atoms with Crippen LogP contribution in [-0.4, -0.2) is 22.3 Å². The van der Waals surface area contributed by atoms with Gasteiger partial charge in [0.2, 0.25) is 5.91 Å². The number of hydrogen-bond donors (Lipinski definition) is 1. The fraction of sp³-hybridized carbons (Fsp3) is 0.529. The number of nitrogens with zero attached hydrogens (tertiary/aromatic N) is 1. The molecule has 1 aliphatic heterocycles. The summed E-state index contributed by atoms with van der Waals surface area (Å²) in [5.41, 5.74) is 2.14. The molecule has 114 valence electrons. The lowest BCUT2D eigenvalue weighted by Crippen LogP contribution is -2.37. The Morgan fingerprint density at radius 3 is 2.43 bits per heavy atom. The van der Waals surface area contributed by atoms with E-state index < -0.39 is 0 Å². The van der Waals surface area contributed by atoms with E-state index in [2.05, 4.69) is 43.1 Å². The Morgan fingerprint density at radius 2 is 1.90 bits per heavy atom. The zero-order chi connectivity index (χ0) is 15.6. The first-order valence-corrected chi connectivity index (χ1v) is 7.88. The highest BCUT2D eigenvalue weighted by molar-refractivity contribution is 7.80. The molecule has 1 amide bonds. The number of anilines is 1. The predicted molar refractivity (Wildman–Crippen MR) is 91.5 cm³/mol. The van der Waals surface area contributed by atoms with Crippen molar-refractivity contribution in [3.05, 3.63) is 29.8 Å². The standard InChI is InChI=1S/C17H24N2OS/c1-12(20)18-14-9-7-13(8-10-14)15-6-5-11-19(15)16(21)17(2,3)4/h7-10,15H,5-6,11H2,1-4H3,(H,18,20). The predicted octanol–water partition coefficient (Wildman–Crippen LogP) is 4.16. The maximum absolute atomic E-state index is 11.1. The zero-order valence-corrected chi connectivity index (χ0v) is 14.1. The molecule has 4 heteroatoms. The molecule has 0 aliphatic carbocycles. The number of amides is 1. The molecule has 1 N–H and O–H groups in total. The molecule has 0 spiro atoms. The van der Waals surface area contributed by atoms with Crippen molar-refractivity contribution in [3.63, 3.8) is 0 Å². The van der Waals surface area contributed by atoms with Crippen LogP contribution in [0.25, 0.3) is 0 Å². The Bertz CT molecular complexity index is 531. The monoisotopic (exact) mass is 304 g/mol. The van der Waals surface area contributed by atoms with Gasteiger partial charge in [-0.15, -0.1) is 0 Å². The third-order valence-corrected chi connectivity index (χ3v) is 4.62. The maximum atomic E-state index is 11.1. The van der Waals surface area contributed by atoms with E-state index in [1.165, 1.54) is 18.9 Å². The molecule has 2 rings (SSSR count). The SMILES string of the molecule is CC(=O)Nc1ccc(C2CCCN2C(=S)C(C)(C)C)cc1. The summed E-state index contributed by atoms with van der Waals surface area (Å²) in [5.74, 6) is -0.0425. The minimum Gasteiger partial charge on any atom is -0.359 e. The first-order valence-electron chi connectivity index (χ1n) is 7.47. The van der Waals surface area contributed by atoms with Gasteiger partial charge in [-0.2, -0.15) is 0 Å². The Balaban J connectivity index is 2.16. The van der Waals surface area contributed by atoms with Gasteiger partial charge in [0, 0.05) is 24.6 Å². The average molecular weight is 304 g/mol. The van der Waals surface area contributed by atoms with Gasteiger partial charge in [-0.05, 0) is 30.5 Å². The molecule has 1 atom stereocenters. The Kier molecular flexibility index (Phi) is 4.67. The molecule has 1 aromatic rings. The molecule has 3 nitrogen and oxygen atoms in total. The molecule has 1 heterocycles. The highest BCUT2D eigenvalue weighted by Gasteiger charge is 2.32. The summed E-state index contributed by atoms with van der Waals surface area (Å²) in [4.78, 5) is 14.5. The van der Waals surface area contributed by atoms with Gasteiger partial charge in [0.1, 0.15) is 0 Å². The van der Waals surface area contributed by atoms with E-state index in [4.69, 9.17) is 12.2 Å². The molecule has 1 aromatic carbocycles. The Morgan fingerprint density at radius 1 is 1.29 bits per heavy atom. The van der Waals surface area contributed by atoms with Gasteiger partial charge in [0.05, 0.1) is 11.0 Å². The van der Waals surface area contributed by atoms with E-state index in [1.54, 1.807) is 0 Å². The fourth-order valence-corrected chi connectivity index (χ4v) is 3.00. The molecule has 0 radical (unpaired) electrons. The molecule has 1 unspecified atom stereocenters. The number of nitrogens with one attached hydrogen (secondary N) is 1. The summed E-state index contributed by atoms with van der Waals surface area (Å²) >= 11 is 5.68. The third-order valence-electron chi connectivity index (χ3n) is 3.77. The molecule has 1 aliphatic rings. The number of thiocarbonyl (C=S) groups is 1. The van der Waals surface area contributed by atoms with Crippen LogP contribution in [0.15, 0.2) is 24.3 Å². The molecule has 1 fully saturated rings. The number of likely N-dealkylation sites (tertiary alicyclic amines) is 1. The second-order valence-electron chi connectivity index (χ2n) is 6.71. The quantitative estimate of drug-likeness (QED) is 0.833. The molecular weight excluding hydrogens is 280 g/mol. The van der Waals surface area contributed by atoms with Crippen LogP contribution in [0.3, 0.4) is 0 Å². The van der Waals surface area contributed by atoms with Crippen molar-refractivity contribution < 1.29 is 4.79 Å². The molecular formula is C17H24N2OS. The second kappa shape index (κ2) is 6.14. The van der Waals surface area contributed by atoms with Crippen molar-refractivity contribution in [2.45, 2.75) is 46.6 Å². The van der Waals surface area contributed by atoms with E-state index in [-0.39, 0.29) is 11.3 Å². The van der Waals surface area contributed by atoms with Crippen molar-refractivity contribution in [1.82, 2.24) is 4.90 Å². The summed E-state index contributed by atoms with van der Waals surface area (Å²) in [6, 6.07) is 8.49. The largest absolute Gasteiger partial charge is 0.359 e. The lowest BCUT2D eigenvalue weighted by molar-refractivity contribution is -0.114. The van der Waals surface area contributed by atoms with Crippen molar-refractivity contribution in [2.75, 3.05) is 11.9 Å². The van der Waals surface area contributed by atoms with Gasteiger partial charge >= 0.3 is 0 Å². The first kappa shape index (κ1) is 16.0. The molecule has 1 saturated heterocycles. The number of benzene rings is 1. The smallest absolute Gasteiger partial charge is 0.221 e. The lowest BCUT2D eigenvalue weighted by atomic mass is 9.94. The normalized spacial score (nSPS) is 18.7. The van der Waals surface area contributed by atoms with E-state index in [0.29, 0.717) is 6.04 Å². The molecule has 0 aromatic heterocycles. The third kappa shape index (κ3) is 3.82. The molecule has 0 saturated carbocycles. The van der Waals surface area contributed by atoms with Crippen LogP contribution in [0.4, 0.5) is 5.69 Å². The number of carbonyl (C=O) groups excluding carboxylic acids is 1. The van der Waals surface area contributed by atoms with E-state index in [1.807, 2.05) is 12.1 Å². The fourth-order valence-electron chi connectivity index (χ4n) is 2.78. The van der Waals surface area contributed by atoms with E-state index >= 15 is 0 Å². The molecule has 21 heavy (non-hydrogen) atoms. The van der Waals surface area contributed by atoms with Crippen LogP contribution >= 0.6 is 12.2 Å². The van der Waals surface area contributed by atoms with Gasteiger partial charge in [-0.25, -0.2) is 0 Å². The van der Waals surface area contributed by atoms with Gasteiger partial charge < -0.3 is 10.2 Å². The van der Waals surface area contributed by atoms with Crippen LogP contribution in [0.2, 0.25) is 0 Å². The summed E-state index contributed by atoms with van der Waals surface area (Å²) in [7, 11) is 0. The van der Waals surface area contributed by atoms with Crippen LogP contribution in [-0.2, 0) is 4.79 Å². The van der Waals surface area contributed by atoms with Crippen LogP contribution < -0.4 is 5.32 Å². The second-order valence-corrected chi connectivity index (χ2v) is 7.10. The van der Waals surface area contributed by atoms with Gasteiger partial charge in [0.25, 0.3) is 0 Å². The Labute approximate surface area is 132 Å². The summed E-state index contributed by atoms with van der Waals surface area (Å²) in [6.45, 7) is 9.07. The zero-order valence-electron chi connectivity index (χ0n) is 13.3. The number of carbonyl (C=O) groups is 1. The topological polar surface area (TPSA) is 32.3 Å². The summed E-state index contributed by atoms with van der Waals surface area (Å²) in [5, 5.41) is 2.80. The van der Waals surface area contributed by atoms with Crippen LogP contribution in [0, 0.1) is 5.41 Å². The van der Waals surface area contributed by atoms with Crippen LogP contribution in [0.5, 0.6) is 0 Å². The van der Waals surface area contributed by atoms with Crippen molar-refractivity contribution in [3.8, 4) is 0 Å². The van der Waals surface area contributed by atoms with Crippen molar-refractivity contribution in [1.29, 1.82) is 0 Å². The highest BCUT2D eigenvalue weighted by atomic mass is 32.1. The van der Waals surface area contributed by atoms with Gasteiger partial charge in [-0.1, -0.05) is 45.1 Å². The molecule has 0 bridgehead atoms. The highest BCUT2D eigenvalue weighted by Crippen LogP contribution is 2.36. The van der Waals surface area contributed by atoms with Crippen molar-refractivity contribution in [2.24, 2.45) is 5.41 Å². The average Bonchev–Trinajstić information content (AvgIpc) is 2.86. The van der Waals surface area contributed by atoms with Gasteiger partial charge in [-0.3, -0.25) is 4.79 Å². The minimum absolute atomic E-state index is 0.0219. The van der Waals surface area contributed by atoms with E-state index in [0.717, 1.165) is 23.6 Å². The summed E-state index contributed by atoms with van der Waals surface area (Å²) < 4.78 is 0. The number of rotatable bonds is 2. The Hall–Kier alpha value is -1.42. The maximum Gasteiger partial charge on any atom is 0.221 e. The van der Waals surface area contributed by atoms with Gasteiger partial charge in [0.15, 0.2) is 0 Å². The first-order chi connectivity index (χ1) is 9.79. The van der Waals surface area contributed by atoms with Crippen molar-refractivity contribution >= 4 is 28.8 Å². The van der Waals surface area contributed by atoms with E-state index in [9.17, 15) is 4.79 Å². The summed E-state index contributed by atoms with van der Waals surface area (Å²) in [6.07, 6.45) is 2.31. The number of hydrogen-bond acceptors (Lipinski definition) is 2. The van der Waals surface area contributed by atoms with Crippen LogP contribution in [0.1, 0.15) is 52.1 Å².